The van der Waals surface area contributed by atoms with Gasteiger partial charge in [-0.15, -0.1) is 0 Å². The first-order valence-corrected chi connectivity index (χ1v) is 6.56. The van der Waals surface area contributed by atoms with Gasteiger partial charge >= 0.3 is 6.03 Å². The van der Waals surface area contributed by atoms with E-state index in [4.69, 9.17) is 5.73 Å². The number of anilines is 1. The molecule has 2 amide bonds. The van der Waals surface area contributed by atoms with E-state index >= 15 is 0 Å². The van der Waals surface area contributed by atoms with Crippen LogP contribution in [-0.2, 0) is 6.42 Å². The van der Waals surface area contributed by atoms with Crippen LogP contribution in [0.15, 0.2) is 24.3 Å². The van der Waals surface area contributed by atoms with Crippen molar-refractivity contribution in [2.75, 3.05) is 25.0 Å². The van der Waals surface area contributed by atoms with Gasteiger partial charge in [0.2, 0.25) is 0 Å². The van der Waals surface area contributed by atoms with Gasteiger partial charge in [0.05, 0.1) is 0 Å². The van der Waals surface area contributed by atoms with E-state index in [2.05, 4.69) is 11.4 Å². The fraction of sp³-hybridized carbons (Fsp3) is 0.500. The highest BCUT2D eigenvalue weighted by atomic mass is 16.2. The fourth-order valence-corrected chi connectivity index (χ4v) is 1.82. The van der Waals surface area contributed by atoms with Gasteiger partial charge in [-0.2, -0.15) is 0 Å². The molecule has 0 aliphatic rings. The zero-order valence-electron chi connectivity index (χ0n) is 11.3. The normalized spacial score (nSPS) is 10.2. The molecule has 0 saturated carbocycles. The summed E-state index contributed by atoms with van der Waals surface area (Å²) in [5, 5.41) is 2.92. The third-order valence-electron chi connectivity index (χ3n) is 2.90. The van der Waals surface area contributed by atoms with Crippen molar-refractivity contribution in [3.63, 3.8) is 0 Å². The summed E-state index contributed by atoms with van der Waals surface area (Å²) in [6.45, 7) is 6.07. The van der Waals surface area contributed by atoms with E-state index in [-0.39, 0.29) is 6.03 Å². The van der Waals surface area contributed by atoms with Crippen LogP contribution < -0.4 is 11.1 Å². The summed E-state index contributed by atoms with van der Waals surface area (Å²) >= 11 is 0. The highest BCUT2D eigenvalue weighted by Gasteiger charge is 2.09. The van der Waals surface area contributed by atoms with Gasteiger partial charge in [0.15, 0.2) is 0 Å². The Hall–Kier alpha value is -1.55. The Morgan fingerprint density at radius 3 is 2.67 bits per heavy atom. The van der Waals surface area contributed by atoms with Crippen LogP contribution in [0.2, 0.25) is 0 Å². The molecule has 18 heavy (non-hydrogen) atoms. The highest BCUT2D eigenvalue weighted by Crippen LogP contribution is 2.12. The van der Waals surface area contributed by atoms with Gasteiger partial charge < -0.3 is 16.0 Å². The third kappa shape index (κ3) is 4.37. The van der Waals surface area contributed by atoms with Crippen molar-refractivity contribution >= 4 is 11.7 Å². The molecule has 0 aliphatic heterocycles. The monoisotopic (exact) mass is 249 g/mol. The first kappa shape index (κ1) is 14.5. The first-order chi connectivity index (χ1) is 8.71. The molecular formula is C14H23N3O. The van der Waals surface area contributed by atoms with Crippen LogP contribution in [0, 0.1) is 0 Å². The minimum Gasteiger partial charge on any atom is -0.330 e. The molecule has 3 N–H and O–H groups in total. The molecule has 0 saturated heterocycles. The average Bonchev–Trinajstić information content (AvgIpc) is 2.38. The Morgan fingerprint density at radius 2 is 2.06 bits per heavy atom. The van der Waals surface area contributed by atoms with Crippen molar-refractivity contribution < 1.29 is 4.79 Å². The number of nitrogens with two attached hydrogens (primary N) is 1. The number of hydrogen-bond acceptors (Lipinski definition) is 2. The van der Waals surface area contributed by atoms with Crippen LogP contribution in [0.1, 0.15) is 25.8 Å². The Balaban J connectivity index is 2.63. The van der Waals surface area contributed by atoms with Crippen molar-refractivity contribution in [3.05, 3.63) is 29.8 Å². The maximum Gasteiger partial charge on any atom is 0.321 e. The van der Waals surface area contributed by atoms with Gasteiger partial charge in [-0.3, -0.25) is 0 Å². The van der Waals surface area contributed by atoms with Crippen LogP contribution in [-0.4, -0.2) is 30.6 Å². The second kappa shape index (κ2) is 7.71. The van der Waals surface area contributed by atoms with Gasteiger partial charge in [-0.05, 0) is 50.9 Å². The molecule has 1 aromatic rings. The number of nitrogens with zero attached hydrogens (tertiary/aromatic N) is 1. The van der Waals surface area contributed by atoms with Crippen molar-refractivity contribution in [1.82, 2.24) is 4.90 Å². The number of nitrogens with one attached hydrogen (secondary N) is 1. The second-order valence-corrected chi connectivity index (χ2v) is 4.20. The first-order valence-electron chi connectivity index (χ1n) is 6.56. The number of benzene rings is 1. The van der Waals surface area contributed by atoms with Crippen LogP contribution in [0.25, 0.3) is 0 Å². The molecule has 1 rings (SSSR count). The lowest BCUT2D eigenvalue weighted by Gasteiger charge is -2.19. The molecule has 0 atom stereocenters. The molecule has 0 radical (unpaired) electrons. The number of carbonyl (C=O) groups excluding carboxylic acids is 1. The Bertz CT molecular complexity index is 375. The molecule has 0 heterocycles. The number of amides is 2. The summed E-state index contributed by atoms with van der Waals surface area (Å²) in [5.41, 5.74) is 7.55. The van der Waals surface area contributed by atoms with E-state index in [1.807, 2.05) is 32.0 Å². The number of aryl methyl sites for hydroxylation is 1. The minimum absolute atomic E-state index is 0.0454. The van der Waals surface area contributed by atoms with Crippen LogP contribution in [0.5, 0.6) is 0 Å². The fourth-order valence-electron chi connectivity index (χ4n) is 1.82. The molecule has 0 unspecified atom stereocenters. The molecule has 0 spiro atoms. The predicted octanol–water partition coefficient (Wildman–Crippen LogP) is 2.45. The summed E-state index contributed by atoms with van der Waals surface area (Å²) in [4.78, 5) is 13.7. The van der Waals surface area contributed by atoms with Gasteiger partial charge in [-0.25, -0.2) is 4.79 Å². The molecular weight excluding hydrogens is 226 g/mol. The van der Waals surface area contributed by atoms with Crippen LogP contribution >= 0.6 is 0 Å². The lowest BCUT2D eigenvalue weighted by Crippen LogP contribution is -2.34. The third-order valence-corrected chi connectivity index (χ3v) is 2.90. The van der Waals surface area contributed by atoms with E-state index in [0.29, 0.717) is 6.54 Å². The molecule has 4 heteroatoms. The highest BCUT2D eigenvalue weighted by molar-refractivity contribution is 5.89. The van der Waals surface area contributed by atoms with Gasteiger partial charge in [0.1, 0.15) is 0 Å². The summed E-state index contributed by atoms with van der Waals surface area (Å²) in [5.74, 6) is 0. The smallest absolute Gasteiger partial charge is 0.321 e. The average molecular weight is 249 g/mol. The number of urea groups is 1. The molecule has 1 aromatic carbocycles. The maximum absolute atomic E-state index is 11.9. The minimum atomic E-state index is -0.0454. The van der Waals surface area contributed by atoms with Gasteiger partial charge in [-0.1, -0.05) is 12.1 Å². The lowest BCUT2D eigenvalue weighted by atomic mass is 10.1. The van der Waals surface area contributed by atoms with E-state index in [9.17, 15) is 4.79 Å². The summed E-state index contributed by atoms with van der Waals surface area (Å²) in [7, 11) is 0. The quantitative estimate of drug-likeness (QED) is 0.813. The van der Waals surface area contributed by atoms with Gasteiger partial charge in [0.25, 0.3) is 0 Å². The Labute approximate surface area is 109 Å². The van der Waals surface area contributed by atoms with Crippen molar-refractivity contribution in [1.29, 1.82) is 0 Å². The Kier molecular flexibility index (Phi) is 6.22. The SMILES string of the molecule is CCN(CC)C(=O)Nc1cccc(CCCN)c1. The van der Waals surface area contributed by atoms with Gasteiger partial charge in [0, 0.05) is 18.8 Å². The molecule has 0 aliphatic carbocycles. The number of rotatable bonds is 6. The molecule has 0 bridgehead atoms. The van der Waals surface area contributed by atoms with E-state index in [0.717, 1.165) is 31.6 Å². The molecule has 4 nitrogen and oxygen atoms in total. The standard InChI is InChI=1S/C14H23N3O/c1-3-17(4-2)14(18)16-13-9-5-7-12(11-13)8-6-10-15/h5,7,9,11H,3-4,6,8,10,15H2,1-2H3,(H,16,18). The van der Waals surface area contributed by atoms with Crippen LogP contribution in [0.4, 0.5) is 10.5 Å². The summed E-state index contributed by atoms with van der Waals surface area (Å²) in [6.07, 6.45) is 1.92. The Morgan fingerprint density at radius 1 is 1.33 bits per heavy atom. The van der Waals surface area contributed by atoms with E-state index in [1.165, 1.54) is 5.56 Å². The van der Waals surface area contributed by atoms with Crippen molar-refractivity contribution in [2.24, 2.45) is 5.73 Å². The lowest BCUT2D eigenvalue weighted by molar-refractivity contribution is 0.217. The molecule has 0 aromatic heterocycles. The summed E-state index contributed by atoms with van der Waals surface area (Å²) < 4.78 is 0. The topological polar surface area (TPSA) is 58.4 Å². The zero-order valence-corrected chi connectivity index (χ0v) is 11.3. The number of hydrogen-bond donors (Lipinski definition) is 2. The van der Waals surface area contributed by atoms with Crippen molar-refractivity contribution in [2.45, 2.75) is 26.7 Å². The number of carbonyl (C=O) groups is 1. The maximum atomic E-state index is 11.9. The zero-order chi connectivity index (χ0) is 13.4. The largest absolute Gasteiger partial charge is 0.330 e. The van der Waals surface area contributed by atoms with Crippen LogP contribution in [0.3, 0.4) is 0 Å². The molecule has 0 fully saturated rings. The summed E-state index contributed by atoms with van der Waals surface area (Å²) in [6, 6.07) is 7.90. The van der Waals surface area contributed by atoms with E-state index < -0.39 is 0 Å². The second-order valence-electron chi connectivity index (χ2n) is 4.20. The molecule has 100 valence electrons. The predicted molar refractivity (Wildman–Crippen MR) is 75.8 cm³/mol. The van der Waals surface area contributed by atoms with E-state index in [1.54, 1.807) is 4.90 Å². The van der Waals surface area contributed by atoms with Crippen molar-refractivity contribution in [3.8, 4) is 0 Å².